The predicted octanol–water partition coefficient (Wildman–Crippen LogP) is 3.40. The number of benzene rings is 1. The number of methoxy groups -OCH3 is 1. The van der Waals surface area contributed by atoms with Gasteiger partial charge in [0.25, 0.3) is 0 Å². The maximum atomic E-state index is 11.9. The normalized spacial score (nSPS) is 12.1. The number of hydrogen-bond acceptors (Lipinski definition) is 6. The third-order valence-electron chi connectivity index (χ3n) is 5.34. The van der Waals surface area contributed by atoms with Crippen molar-refractivity contribution in [2.75, 3.05) is 13.7 Å². The molecule has 0 saturated heterocycles. The zero-order chi connectivity index (χ0) is 25.8. The number of aromatic carboxylic acids is 1. The van der Waals surface area contributed by atoms with Crippen LogP contribution in [-0.2, 0) is 24.2 Å². The first-order valence-electron chi connectivity index (χ1n) is 10.5. The van der Waals surface area contributed by atoms with Crippen molar-refractivity contribution in [2.24, 2.45) is 5.73 Å². The molecule has 2 aromatic heterocycles. The second-order valence-electron chi connectivity index (χ2n) is 7.60. The Morgan fingerprint density at radius 1 is 1.17 bits per heavy atom. The summed E-state index contributed by atoms with van der Waals surface area (Å²) < 4.78 is 38.5. The molecule has 1 aliphatic carbocycles. The quantitative estimate of drug-likeness (QED) is 0.476. The molecule has 12 heteroatoms. The number of halogens is 3. The van der Waals surface area contributed by atoms with E-state index in [-0.39, 0.29) is 5.69 Å². The van der Waals surface area contributed by atoms with Crippen LogP contribution in [0.5, 0.6) is 5.75 Å². The van der Waals surface area contributed by atoms with Gasteiger partial charge in [-0.05, 0) is 61.7 Å². The molecule has 0 aliphatic heterocycles. The monoisotopic (exact) mass is 492 g/mol. The van der Waals surface area contributed by atoms with Crippen molar-refractivity contribution in [1.29, 1.82) is 0 Å². The average Bonchev–Trinajstić information content (AvgIpc) is 3.21. The number of aromatic nitrogens is 3. The Morgan fingerprint density at radius 2 is 1.83 bits per heavy atom. The van der Waals surface area contributed by atoms with E-state index in [1.807, 2.05) is 36.5 Å². The number of carboxylic acids is 2. The fraction of sp³-hybridized carbons (Fsp3) is 0.304. The number of nitrogens with two attached hydrogens (primary N) is 1. The molecule has 0 saturated carbocycles. The van der Waals surface area contributed by atoms with E-state index in [1.54, 1.807) is 11.8 Å². The van der Waals surface area contributed by atoms with Crippen LogP contribution < -0.4 is 10.5 Å². The van der Waals surface area contributed by atoms with Crippen molar-refractivity contribution < 1.29 is 37.7 Å². The summed E-state index contributed by atoms with van der Waals surface area (Å²) in [5, 5.41) is 21.5. The third-order valence-corrected chi connectivity index (χ3v) is 5.34. The van der Waals surface area contributed by atoms with E-state index in [0.29, 0.717) is 25.9 Å². The number of aliphatic carboxylic acids is 1. The number of alkyl halides is 3. The van der Waals surface area contributed by atoms with E-state index < -0.39 is 18.1 Å². The number of pyridine rings is 1. The lowest BCUT2D eigenvalue weighted by atomic mass is 9.89. The van der Waals surface area contributed by atoms with E-state index in [0.717, 1.165) is 45.8 Å². The summed E-state index contributed by atoms with van der Waals surface area (Å²) in [6.07, 6.45) is -1.13. The molecule has 4 rings (SSSR count). The molecule has 0 unspecified atom stereocenters. The molecule has 0 spiro atoms. The van der Waals surface area contributed by atoms with Crippen LogP contribution in [0.3, 0.4) is 0 Å². The van der Waals surface area contributed by atoms with Gasteiger partial charge in [-0.25, -0.2) is 9.59 Å². The van der Waals surface area contributed by atoms with Crippen molar-refractivity contribution in [3.63, 3.8) is 0 Å². The average molecular weight is 492 g/mol. The molecule has 9 nitrogen and oxygen atoms in total. The number of fused-ring (bicyclic) bond motifs is 3. The number of rotatable bonds is 6. The highest BCUT2D eigenvalue weighted by Gasteiger charge is 2.38. The van der Waals surface area contributed by atoms with Crippen LogP contribution in [0, 0.1) is 0 Å². The van der Waals surface area contributed by atoms with Crippen LogP contribution in [0.1, 0.15) is 28.0 Å². The van der Waals surface area contributed by atoms with E-state index >= 15 is 0 Å². The topological polar surface area (TPSA) is 141 Å². The number of carboxylic acid groups (broad SMARTS) is 2. The summed E-state index contributed by atoms with van der Waals surface area (Å²) in [6, 6.07) is 9.71. The van der Waals surface area contributed by atoms with Gasteiger partial charge in [-0.1, -0.05) is 0 Å². The van der Waals surface area contributed by atoms with E-state index in [1.165, 1.54) is 0 Å². The second-order valence-corrected chi connectivity index (χ2v) is 7.60. The Morgan fingerprint density at radius 3 is 2.37 bits per heavy atom. The number of nitrogens with zero attached hydrogens (tertiary/aromatic N) is 3. The fourth-order valence-electron chi connectivity index (χ4n) is 3.68. The molecule has 0 radical (unpaired) electrons. The molecule has 2 heterocycles. The Kier molecular flexibility index (Phi) is 7.75. The molecule has 1 aromatic carbocycles. The molecule has 0 amide bonds. The summed E-state index contributed by atoms with van der Waals surface area (Å²) >= 11 is 0. The molecule has 3 aromatic rings. The highest BCUT2D eigenvalue weighted by atomic mass is 19.4. The Bertz CT molecular complexity index is 1220. The summed E-state index contributed by atoms with van der Waals surface area (Å²) in [6.45, 7) is 0.989. The van der Waals surface area contributed by atoms with Crippen LogP contribution in [-0.4, -0.2) is 56.7 Å². The van der Waals surface area contributed by atoms with E-state index in [4.69, 9.17) is 20.4 Å². The minimum absolute atomic E-state index is 0.275. The molecule has 4 N–H and O–H groups in total. The lowest BCUT2D eigenvalue weighted by Crippen LogP contribution is -2.21. The van der Waals surface area contributed by atoms with Gasteiger partial charge in [0.15, 0.2) is 0 Å². The number of aryl methyl sites for hydroxylation is 2. The Labute approximate surface area is 198 Å². The minimum Gasteiger partial charge on any atom is -0.497 e. The lowest BCUT2D eigenvalue weighted by molar-refractivity contribution is -0.192. The summed E-state index contributed by atoms with van der Waals surface area (Å²) in [7, 11) is 1.63. The Hall–Kier alpha value is -3.93. The highest BCUT2D eigenvalue weighted by Crippen LogP contribution is 2.36. The minimum atomic E-state index is -5.08. The van der Waals surface area contributed by atoms with Crippen LogP contribution in [0.2, 0.25) is 0 Å². The van der Waals surface area contributed by atoms with Gasteiger partial charge < -0.3 is 20.7 Å². The maximum Gasteiger partial charge on any atom is 0.490 e. The fourth-order valence-corrected chi connectivity index (χ4v) is 3.68. The second kappa shape index (κ2) is 10.6. The number of ether oxygens (including phenoxy) is 1. The zero-order valence-electron chi connectivity index (χ0n) is 18.7. The maximum absolute atomic E-state index is 11.9. The largest absolute Gasteiger partial charge is 0.497 e. The zero-order valence-corrected chi connectivity index (χ0v) is 18.7. The highest BCUT2D eigenvalue weighted by molar-refractivity contribution is 5.91. The van der Waals surface area contributed by atoms with Crippen molar-refractivity contribution in [3.8, 4) is 28.3 Å². The van der Waals surface area contributed by atoms with Gasteiger partial charge >= 0.3 is 18.1 Å². The SMILES string of the molecule is COc1ccc(-c2cc3c(cn2)CCc2c-3nn(CCCN)c2C(=O)O)cc1.O=C(O)C(F)(F)F. The van der Waals surface area contributed by atoms with Crippen molar-refractivity contribution in [1.82, 2.24) is 14.8 Å². The standard InChI is InChI=1S/C21H22N4O3.C2HF3O2/c1-28-15-6-3-13(4-7-15)18-11-17-14(12-23-18)5-8-16-19(17)24-25(10-2-9-22)20(16)21(26)27;3-2(4,5)1(6)7/h3-4,6-7,11-12H,2,5,8-10,22H2,1H3,(H,26,27);(H,6,7). The molecular formula is C23H23F3N4O5. The van der Waals surface area contributed by atoms with Crippen molar-refractivity contribution >= 4 is 11.9 Å². The van der Waals surface area contributed by atoms with E-state index in [9.17, 15) is 23.1 Å². The van der Waals surface area contributed by atoms with Gasteiger partial charge in [0, 0.05) is 29.4 Å². The summed E-state index contributed by atoms with van der Waals surface area (Å²) in [4.78, 5) is 25.4. The summed E-state index contributed by atoms with van der Waals surface area (Å²) in [5.41, 5.74) is 11.2. The van der Waals surface area contributed by atoms with Crippen LogP contribution >= 0.6 is 0 Å². The van der Waals surface area contributed by atoms with Crippen LogP contribution in [0.15, 0.2) is 36.5 Å². The third kappa shape index (κ3) is 5.77. The first-order valence-corrected chi connectivity index (χ1v) is 10.5. The molecule has 0 fully saturated rings. The first kappa shape index (κ1) is 25.7. The summed E-state index contributed by atoms with van der Waals surface area (Å²) in [5.74, 6) is -2.92. The lowest BCUT2D eigenvalue weighted by Gasteiger charge is -2.16. The molecule has 35 heavy (non-hydrogen) atoms. The molecular weight excluding hydrogens is 469 g/mol. The molecule has 0 atom stereocenters. The van der Waals surface area contributed by atoms with Gasteiger partial charge in [-0.2, -0.15) is 18.3 Å². The molecule has 1 aliphatic rings. The van der Waals surface area contributed by atoms with Gasteiger partial charge in [-0.15, -0.1) is 0 Å². The van der Waals surface area contributed by atoms with Crippen LogP contribution in [0.25, 0.3) is 22.5 Å². The first-order chi connectivity index (χ1) is 16.6. The molecule has 0 bridgehead atoms. The van der Waals surface area contributed by atoms with Gasteiger partial charge in [0.05, 0.1) is 18.5 Å². The van der Waals surface area contributed by atoms with Crippen molar-refractivity contribution in [3.05, 3.63) is 53.3 Å². The smallest absolute Gasteiger partial charge is 0.490 e. The van der Waals surface area contributed by atoms with Gasteiger partial charge in [0.2, 0.25) is 0 Å². The Balaban J connectivity index is 0.000000429. The van der Waals surface area contributed by atoms with E-state index in [2.05, 4.69) is 10.1 Å². The number of hydrogen-bond donors (Lipinski definition) is 3. The van der Waals surface area contributed by atoms with Crippen LogP contribution in [0.4, 0.5) is 13.2 Å². The van der Waals surface area contributed by atoms with Gasteiger partial charge in [0.1, 0.15) is 11.4 Å². The number of carbonyl (C=O) groups is 2. The van der Waals surface area contributed by atoms with Gasteiger partial charge in [-0.3, -0.25) is 9.67 Å². The van der Waals surface area contributed by atoms with Crippen molar-refractivity contribution in [2.45, 2.75) is 32.0 Å². The predicted molar refractivity (Wildman–Crippen MR) is 119 cm³/mol. The molecule has 186 valence electrons.